The maximum atomic E-state index is 12.6. The highest BCUT2D eigenvalue weighted by atomic mass is 32.1. The van der Waals surface area contributed by atoms with E-state index >= 15 is 0 Å². The van der Waals surface area contributed by atoms with Crippen molar-refractivity contribution in [3.05, 3.63) is 55.4 Å². The lowest BCUT2D eigenvalue weighted by Crippen LogP contribution is -2.24. The van der Waals surface area contributed by atoms with Crippen molar-refractivity contribution in [1.82, 2.24) is 9.13 Å². The molecular formula is C22H28N2O4S. The minimum absolute atomic E-state index is 0.171. The summed E-state index contributed by atoms with van der Waals surface area (Å²) in [5.41, 5.74) is 4.75. The summed E-state index contributed by atoms with van der Waals surface area (Å²) in [6.45, 7) is 6.07. The molecule has 2 aromatic heterocycles. The van der Waals surface area contributed by atoms with E-state index in [9.17, 15) is 14.4 Å². The smallest absolute Gasteiger partial charge is 0.326 e. The third-order valence-corrected chi connectivity index (χ3v) is 6.42. The molecule has 6 nitrogen and oxygen atoms in total. The van der Waals surface area contributed by atoms with E-state index in [0.29, 0.717) is 11.3 Å². The molecule has 3 rings (SSSR count). The summed E-state index contributed by atoms with van der Waals surface area (Å²) in [4.78, 5) is 36.1. The summed E-state index contributed by atoms with van der Waals surface area (Å²) in [6, 6.07) is 1.87. The first-order chi connectivity index (χ1) is 13.9. The Kier molecular flexibility index (Phi) is 6.90. The predicted molar refractivity (Wildman–Crippen MR) is 114 cm³/mol. The van der Waals surface area contributed by atoms with Crippen molar-refractivity contribution in [2.45, 2.75) is 66.0 Å². The summed E-state index contributed by atoms with van der Waals surface area (Å²) in [5, 5.41) is 1.69. The number of esters is 1. The molecular weight excluding hydrogens is 388 g/mol. The van der Waals surface area contributed by atoms with Gasteiger partial charge in [0.25, 0.3) is 0 Å². The zero-order valence-electron chi connectivity index (χ0n) is 17.3. The number of hydrogen-bond donors (Lipinski definition) is 0. The van der Waals surface area contributed by atoms with Crippen molar-refractivity contribution in [3.8, 4) is 0 Å². The maximum Gasteiger partial charge on any atom is 0.326 e. The second kappa shape index (κ2) is 9.39. The van der Waals surface area contributed by atoms with Gasteiger partial charge in [0.15, 0.2) is 6.61 Å². The van der Waals surface area contributed by atoms with Crippen molar-refractivity contribution in [2.75, 3.05) is 6.61 Å². The molecule has 2 heterocycles. The molecule has 0 amide bonds. The fraction of sp³-hybridized carbons (Fsp3) is 0.500. The Hall–Kier alpha value is -2.41. The number of carbonyl (C=O) groups excluding carboxylic acids is 2. The highest BCUT2D eigenvalue weighted by molar-refractivity contribution is 7.07. The van der Waals surface area contributed by atoms with Crippen molar-refractivity contribution >= 4 is 23.1 Å². The average molecular weight is 417 g/mol. The van der Waals surface area contributed by atoms with E-state index in [1.54, 1.807) is 12.3 Å². The molecule has 0 atom stereocenters. The van der Waals surface area contributed by atoms with Gasteiger partial charge in [-0.3, -0.25) is 19.0 Å². The Labute approximate surface area is 174 Å². The molecule has 0 unspecified atom stereocenters. The van der Waals surface area contributed by atoms with Gasteiger partial charge in [0.1, 0.15) is 6.54 Å². The number of thiazole rings is 1. The van der Waals surface area contributed by atoms with Crippen molar-refractivity contribution in [3.63, 3.8) is 0 Å². The van der Waals surface area contributed by atoms with Crippen molar-refractivity contribution in [2.24, 2.45) is 0 Å². The van der Waals surface area contributed by atoms with Gasteiger partial charge in [-0.2, -0.15) is 0 Å². The highest BCUT2D eigenvalue weighted by Gasteiger charge is 2.18. The van der Waals surface area contributed by atoms with Crippen LogP contribution in [-0.4, -0.2) is 27.5 Å². The van der Waals surface area contributed by atoms with Crippen LogP contribution in [0.1, 0.15) is 59.5 Å². The summed E-state index contributed by atoms with van der Waals surface area (Å²) in [6.07, 6.45) is 8.25. The number of ketones is 1. The quantitative estimate of drug-likeness (QED) is 0.371. The first-order valence-electron chi connectivity index (χ1n) is 10.0. The topological polar surface area (TPSA) is 70.3 Å². The molecule has 0 aromatic carbocycles. The Morgan fingerprint density at radius 2 is 1.93 bits per heavy atom. The number of carbonyl (C=O) groups is 2. The molecule has 0 bridgehead atoms. The van der Waals surface area contributed by atoms with Crippen LogP contribution in [0.3, 0.4) is 0 Å². The van der Waals surface area contributed by atoms with Crippen molar-refractivity contribution < 1.29 is 14.3 Å². The Morgan fingerprint density at radius 1 is 1.14 bits per heavy atom. The monoisotopic (exact) mass is 416 g/mol. The molecule has 0 fully saturated rings. The average Bonchev–Trinajstić information content (AvgIpc) is 3.18. The van der Waals surface area contributed by atoms with E-state index in [1.807, 2.05) is 19.9 Å². The van der Waals surface area contributed by atoms with Gasteiger partial charge in [0.05, 0.1) is 0 Å². The van der Waals surface area contributed by atoms with Crippen LogP contribution in [0.2, 0.25) is 0 Å². The van der Waals surface area contributed by atoms with E-state index < -0.39 is 5.97 Å². The molecule has 29 heavy (non-hydrogen) atoms. The molecule has 156 valence electrons. The Morgan fingerprint density at radius 3 is 2.59 bits per heavy atom. The first kappa shape index (κ1) is 21.3. The third kappa shape index (κ3) is 5.15. The van der Waals surface area contributed by atoms with Crippen LogP contribution in [0.25, 0.3) is 0 Å². The number of aryl methyl sites for hydroxylation is 2. The summed E-state index contributed by atoms with van der Waals surface area (Å²) in [7, 11) is 0. The van der Waals surface area contributed by atoms with E-state index in [2.05, 4.69) is 10.6 Å². The van der Waals surface area contributed by atoms with E-state index in [1.165, 1.54) is 35.8 Å². The fourth-order valence-electron chi connectivity index (χ4n) is 3.81. The maximum absolute atomic E-state index is 12.6. The molecule has 0 saturated carbocycles. The van der Waals surface area contributed by atoms with Gasteiger partial charge < -0.3 is 9.30 Å². The summed E-state index contributed by atoms with van der Waals surface area (Å²) in [5.74, 6) is -0.802. The summed E-state index contributed by atoms with van der Waals surface area (Å²) < 4.78 is 8.65. The molecule has 0 spiro atoms. The zero-order chi connectivity index (χ0) is 21.0. The van der Waals surface area contributed by atoms with Gasteiger partial charge >= 0.3 is 10.8 Å². The third-order valence-electron chi connectivity index (χ3n) is 5.54. The van der Waals surface area contributed by atoms with E-state index in [0.717, 1.165) is 35.7 Å². The SMILES string of the molecule is Cc1cc(C(=O)COC(=O)Cn2c(C)csc2=O)c(C)n1CCC1=CCCCC1. The minimum atomic E-state index is -0.583. The number of Topliss-reactive ketones (excluding diaryl/α,β-unsaturated/α-hetero) is 1. The normalized spacial score (nSPS) is 14.0. The van der Waals surface area contributed by atoms with Gasteiger partial charge in [-0.1, -0.05) is 23.0 Å². The van der Waals surface area contributed by atoms with Crippen LogP contribution in [0, 0.1) is 20.8 Å². The Bertz CT molecular complexity index is 993. The molecule has 2 aromatic rings. The largest absolute Gasteiger partial charge is 0.456 e. The van der Waals surface area contributed by atoms with Crippen molar-refractivity contribution in [1.29, 1.82) is 0 Å². The van der Waals surface area contributed by atoms with Crippen LogP contribution in [0.5, 0.6) is 0 Å². The molecule has 0 aliphatic heterocycles. The standard InChI is InChI=1S/C22H28N2O4S/c1-15-11-19(17(3)23(15)10-9-18-7-5-4-6-8-18)20(25)13-28-21(26)12-24-16(2)14-29-22(24)27/h7,11,14H,4-6,8-10,12-13H2,1-3H3. The first-order valence-corrected chi connectivity index (χ1v) is 10.9. The lowest BCUT2D eigenvalue weighted by Gasteiger charge is -2.15. The van der Waals surface area contributed by atoms with Crippen LogP contribution >= 0.6 is 11.3 Å². The van der Waals surface area contributed by atoms with Crippen LogP contribution in [-0.2, 0) is 22.6 Å². The van der Waals surface area contributed by atoms with E-state index in [4.69, 9.17) is 4.74 Å². The number of aromatic nitrogens is 2. The second-order valence-corrected chi connectivity index (χ2v) is 8.43. The highest BCUT2D eigenvalue weighted by Crippen LogP contribution is 2.23. The van der Waals surface area contributed by atoms with Crippen LogP contribution in [0.15, 0.2) is 27.9 Å². The lowest BCUT2D eigenvalue weighted by molar-refractivity contribution is -0.143. The molecule has 0 saturated heterocycles. The number of allylic oxidation sites excluding steroid dienone is 2. The lowest BCUT2D eigenvalue weighted by atomic mass is 9.97. The zero-order valence-corrected chi connectivity index (χ0v) is 18.1. The number of rotatable bonds is 8. The predicted octanol–water partition coefficient (Wildman–Crippen LogP) is 3.95. The Balaban J connectivity index is 1.58. The fourth-order valence-corrected chi connectivity index (χ4v) is 4.54. The second-order valence-electron chi connectivity index (χ2n) is 7.61. The van der Waals surface area contributed by atoms with Crippen LogP contribution < -0.4 is 4.87 Å². The summed E-state index contributed by atoms with van der Waals surface area (Å²) >= 11 is 1.04. The number of nitrogens with zero attached hydrogens (tertiary/aromatic N) is 2. The molecule has 0 N–H and O–H groups in total. The molecule has 0 radical (unpaired) electrons. The minimum Gasteiger partial charge on any atom is -0.456 e. The van der Waals surface area contributed by atoms with Gasteiger partial charge in [-0.05, 0) is 58.9 Å². The molecule has 1 aliphatic rings. The van der Waals surface area contributed by atoms with Gasteiger partial charge in [-0.25, -0.2) is 0 Å². The molecule has 7 heteroatoms. The van der Waals surface area contributed by atoms with Gasteiger partial charge in [0, 0.05) is 34.6 Å². The van der Waals surface area contributed by atoms with Gasteiger partial charge in [0.2, 0.25) is 5.78 Å². The molecule has 1 aliphatic carbocycles. The van der Waals surface area contributed by atoms with E-state index in [-0.39, 0.29) is 23.8 Å². The van der Waals surface area contributed by atoms with Crippen LogP contribution in [0.4, 0.5) is 0 Å². The number of ether oxygens (including phenoxy) is 1. The van der Waals surface area contributed by atoms with Gasteiger partial charge in [-0.15, -0.1) is 0 Å². The number of hydrogen-bond acceptors (Lipinski definition) is 5.